The molecule has 0 saturated carbocycles. The molecule has 0 aliphatic carbocycles. The number of hydrogen-bond donors (Lipinski definition) is 3. The van der Waals surface area contributed by atoms with Crippen LogP contribution in [0.2, 0.25) is 0 Å². The van der Waals surface area contributed by atoms with Crippen molar-refractivity contribution < 1.29 is 29.3 Å². The third kappa shape index (κ3) is 3.85. The molecule has 0 heterocycles. The van der Waals surface area contributed by atoms with Crippen LogP contribution in [0.4, 0.5) is 10.5 Å². The molecule has 0 spiro atoms. The molecule has 0 saturated heterocycles. The van der Waals surface area contributed by atoms with E-state index in [-0.39, 0.29) is 22.8 Å². The van der Waals surface area contributed by atoms with E-state index in [1.807, 2.05) is 0 Å². The number of phenols is 1. The first-order valence-electron chi connectivity index (χ1n) is 6.53. The lowest BCUT2D eigenvalue weighted by molar-refractivity contribution is 0.0693. The maximum Gasteiger partial charge on any atom is 0.417 e. The lowest BCUT2D eigenvalue weighted by Gasteiger charge is -2.09. The minimum Gasteiger partial charge on any atom is -0.505 e. The molecule has 7 nitrogen and oxygen atoms in total. The average Bonchev–Trinajstić information content (AvgIpc) is 2.49. The first kappa shape index (κ1) is 16.0. The highest BCUT2D eigenvalue weighted by molar-refractivity contribution is 5.96. The minimum atomic E-state index is -1.32. The Morgan fingerprint density at radius 3 is 2.26 bits per heavy atom. The number of carboxylic acid groups (broad SMARTS) is 1. The predicted molar refractivity (Wildman–Crippen MR) is 81.2 cm³/mol. The highest BCUT2D eigenvalue weighted by Crippen LogP contribution is 2.27. The SMILES string of the molecule is CC(=O)c1ccc(OC(=O)Nc2cccc(C(=O)O)c2O)cc1. The van der Waals surface area contributed by atoms with Crippen LogP contribution in [0, 0.1) is 0 Å². The van der Waals surface area contributed by atoms with E-state index in [0.29, 0.717) is 5.56 Å². The number of carboxylic acids is 1. The van der Waals surface area contributed by atoms with Crippen molar-refractivity contribution in [3.63, 3.8) is 0 Å². The van der Waals surface area contributed by atoms with Gasteiger partial charge in [0.15, 0.2) is 11.5 Å². The normalized spacial score (nSPS) is 9.96. The van der Waals surface area contributed by atoms with Crippen molar-refractivity contribution >= 4 is 23.5 Å². The number of carbonyl (C=O) groups is 3. The van der Waals surface area contributed by atoms with E-state index in [4.69, 9.17) is 9.84 Å². The molecule has 0 atom stereocenters. The molecule has 23 heavy (non-hydrogen) atoms. The largest absolute Gasteiger partial charge is 0.505 e. The number of amides is 1. The maximum absolute atomic E-state index is 11.8. The lowest BCUT2D eigenvalue weighted by Crippen LogP contribution is -2.17. The number of para-hydroxylation sites is 1. The van der Waals surface area contributed by atoms with Gasteiger partial charge < -0.3 is 14.9 Å². The number of hydrogen-bond acceptors (Lipinski definition) is 5. The van der Waals surface area contributed by atoms with Crippen molar-refractivity contribution in [2.75, 3.05) is 5.32 Å². The molecule has 7 heteroatoms. The van der Waals surface area contributed by atoms with Gasteiger partial charge in [0, 0.05) is 5.56 Å². The topological polar surface area (TPSA) is 113 Å². The van der Waals surface area contributed by atoms with Crippen molar-refractivity contribution in [1.82, 2.24) is 0 Å². The summed E-state index contributed by atoms with van der Waals surface area (Å²) in [6, 6.07) is 9.83. The summed E-state index contributed by atoms with van der Waals surface area (Å²) in [6.45, 7) is 1.42. The molecule has 3 N–H and O–H groups in total. The Morgan fingerprint density at radius 1 is 1.04 bits per heavy atom. The zero-order valence-electron chi connectivity index (χ0n) is 12.1. The lowest BCUT2D eigenvalue weighted by atomic mass is 10.1. The van der Waals surface area contributed by atoms with Gasteiger partial charge in [-0.15, -0.1) is 0 Å². The Hall–Kier alpha value is -3.35. The molecule has 0 bridgehead atoms. The van der Waals surface area contributed by atoms with Crippen LogP contribution in [0.1, 0.15) is 27.6 Å². The van der Waals surface area contributed by atoms with Crippen LogP contribution >= 0.6 is 0 Å². The maximum atomic E-state index is 11.8. The fourth-order valence-electron chi connectivity index (χ4n) is 1.82. The van der Waals surface area contributed by atoms with E-state index in [2.05, 4.69) is 5.32 Å². The predicted octanol–water partition coefficient (Wildman–Crippen LogP) is 2.90. The molecule has 0 aromatic heterocycles. The van der Waals surface area contributed by atoms with Gasteiger partial charge in [-0.05, 0) is 43.3 Å². The van der Waals surface area contributed by atoms with Crippen molar-refractivity contribution in [3.05, 3.63) is 53.6 Å². The van der Waals surface area contributed by atoms with Gasteiger partial charge in [-0.2, -0.15) is 0 Å². The molecule has 0 unspecified atom stereocenters. The molecule has 0 radical (unpaired) electrons. The Morgan fingerprint density at radius 2 is 1.70 bits per heavy atom. The van der Waals surface area contributed by atoms with E-state index in [0.717, 1.165) is 0 Å². The Kier molecular flexibility index (Phi) is 4.61. The Labute approximate surface area is 131 Å². The quantitative estimate of drug-likeness (QED) is 0.590. The number of nitrogens with one attached hydrogen (secondary N) is 1. The zero-order chi connectivity index (χ0) is 17.0. The fraction of sp³-hybridized carbons (Fsp3) is 0.0625. The zero-order valence-corrected chi connectivity index (χ0v) is 12.1. The molecular weight excluding hydrogens is 302 g/mol. The van der Waals surface area contributed by atoms with Gasteiger partial charge in [0.25, 0.3) is 0 Å². The number of rotatable bonds is 4. The second-order valence-electron chi connectivity index (χ2n) is 4.60. The number of benzene rings is 2. The molecule has 0 aliphatic rings. The van der Waals surface area contributed by atoms with Crippen LogP contribution in [0.5, 0.6) is 11.5 Å². The summed E-state index contributed by atoms with van der Waals surface area (Å²) in [7, 11) is 0. The van der Waals surface area contributed by atoms with Gasteiger partial charge in [-0.25, -0.2) is 9.59 Å². The van der Waals surface area contributed by atoms with E-state index < -0.39 is 17.8 Å². The summed E-state index contributed by atoms with van der Waals surface area (Å²) in [5.41, 5.74) is 0.0495. The molecule has 1 amide bonds. The van der Waals surface area contributed by atoms with Gasteiger partial charge in [0.1, 0.15) is 11.3 Å². The van der Waals surface area contributed by atoms with Crippen molar-refractivity contribution in [2.24, 2.45) is 0 Å². The smallest absolute Gasteiger partial charge is 0.417 e. The molecule has 0 aliphatic heterocycles. The van der Waals surface area contributed by atoms with Crippen LogP contribution in [0.25, 0.3) is 0 Å². The van der Waals surface area contributed by atoms with Gasteiger partial charge in [0.05, 0.1) is 5.69 Å². The van der Waals surface area contributed by atoms with Crippen molar-refractivity contribution in [2.45, 2.75) is 6.92 Å². The average molecular weight is 315 g/mol. The number of ketones is 1. The summed E-state index contributed by atoms with van der Waals surface area (Å²) < 4.78 is 4.99. The number of carbonyl (C=O) groups excluding carboxylic acids is 2. The van der Waals surface area contributed by atoms with Crippen LogP contribution in [0.15, 0.2) is 42.5 Å². The Balaban J connectivity index is 2.09. The van der Waals surface area contributed by atoms with Crippen LogP contribution < -0.4 is 10.1 Å². The first-order valence-corrected chi connectivity index (χ1v) is 6.53. The third-order valence-electron chi connectivity index (χ3n) is 2.97. The number of ether oxygens (including phenoxy) is 1. The second kappa shape index (κ2) is 6.61. The minimum absolute atomic E-state index is 0.0877. The first-order chi connectivity index (χ1) is 10.9. The molecular formula is C16H13NO6. The van der Waals surface area contributed by atoms with Crippen LogP contribution in [-0.2, 0) is 0 Å². The molecule has 2 aromatic carbocycles. The van der Waals surface area contributed by atoms with Crippen molar-refractivity contribution in [3.8, 4) is 11.5 Å². The van der Waals surface area contributed by atoms with E-state index in [1.165, 1.54) is 49.4 Å². The standard InChI is InChI=1S/C16H13NO6/c1-9(18)10-5-7-11(8-6-10)23-16(22)17-13-4-2-3-12(14(13)19)15(20)21/h2-8,19H,1H3,(H,17,22)(H,20,21). The molecule has 0 fully saturated rings. The molecule has 118 valence electrons. The van der Waals surface area contributed by atoms with Gasteiger partial charge in [-0.1, -0.05) is 6.07 Å². The third-order valence-corrected chi connectivity index (χ3v) is 2.97. The summed E-state index contributed by atoms with van der Waals surface area (Å²) >= 11 is 0. The molecule has 2 rings (SSSR count). The van der Waals surface area contributed by atoms with Gasteiger partial charge in [-0.3, -0.25) is 10.1 Å². The highest BCUT2D eigenvalue weighted by Gasteiger charge is 2.15. The van der Waals surface area contributed by atoms with Gasteiger partial charge >= 0.3 is 12.1 Å². The van der Waals surface area contributed by atoms with E-state index in [1.54, 1.807) is 0 Å². The van der Waals surface area contributed by atoms with Crippen LogP contribution in [0.3, 0.4) is 0 Å². The van der Waals surface area contributed by atoms with Gasteiger partial charge in [0.2, 0.25) is 0 Å². The summed E-state index contributed by atoms with van der Waals surface area (Å²) in [5, 5.41) is 20.9. The highest BCUT2D eigenvalue weighted by atomic mass is 16.6. The van der Waals surface area contributed by atoms with E-state index in [9.17, 15) is 19.5 Å². The molecule has 2 aromatic rings. The second-order valence-corrected chi connectivity index (χ2v) is 4.60. The monoisotopic (exact) mass is 315 g/mol. The summed E-state index contributed by atoms with van der Waals surface area (Å²) in [5.74, 6) is -1.80. The number of anilines is 1. The Bertz CT molecular complexity index is 767. The van der Waals surface area contributed by atoms with Crippen LogP contribution in [-0.4, -0.2) is 28.1 Å². The summed E-state index contributed by atoms with van der Waals surface area (Å²) in [6.07, 6.45) is -0.904. The van der Waals surface area contributed by atoms with E-state index >= 15 is 0 Å². The summed E-state index contributed by atoms with van der Waals surface area (Å²) in [4.78, 5) is 33.8. The number of aromatic carboxylic acids is 1. The number of aromatic hydroxyl groups is 1. The fourth-order valence-corrected chi connectivity index (χ4v) is 1.82. The van der Waals surface area contributed by atoms with Crippen molar-refractivity contribution in [1.29, 1.82) is 0 Å². The number of Topliss-reactive ketones (excluding diaryl/α,β-unsaturated/α-hetero) is 1.